The quantitative estimate of drug-likeness (QED) is 0.729. The summed E-state index contributed by atoms with van der Waals surface area (Å²) in [6.45, 7) is 4.64. The summed E-state index contributed by atoms with van der Waals surface area (Å²) in [7, 11) is 0. The van der Waals surface area contributed by atoms with Gasteiger partial charge in [-0.3, -0.25) is 4.79 Å². The van der Waals surface area contributed by atoms with E-state index in [1.54, 1.807) is 24.3 Å². The van der Waals surface area contributed by atoms with Crippen LogP contribution in [0.2, 0.25) is 0 Å². The molecule has 0 aliphatic heterocycles. The number of carbonyl (C=O) groups excluding carboxylic acids is 1. The van der Waals surface area contributed by atoms with Crippen LogP contribution in [0, 0.1) is 11.3 Å². The molecule has 0 saturated heterocycles. The van der Waals surface area contributed by atoms with Crippen molar-refractivity contribution >= 4 is 11.6 Å². The van der Waals surface area contributed by atoms with Gasteiger partial charge < -0.3 is 15.3 Å². The van der Waals surface area contributed by atoms with Crippen LogP contribution in [0.15, 0.2) is 24.3 Å². The van der Waals surface area contributed by atoms with E-state index in [1.807, 2.05) is 6.07 Å². The van der Waals surface area contributed by atoms with E-state index < -0.39 is 0 Å². The number of nitrogens with one attached hydrogen (secondary N) is 1. The smallest absolute Gasteiger partial charge is 0.224 e. The van der Waals surface area contributed by atoms with Gasteiger partial charge in [-0.15, -0.1) is 0 Å². The summed E-state index contributed by atoms with van der Waals surface area (Å²) in [5, 5.41) is 20.6. The van der Waals surface area contributed by atoms with Crippen LogP contribution in [-0.2, 0) is 4.79 Å². The highest BCUT2D eigenvalue weighted by Gasteiger charge is 2.06. The molecule has 5 heteroatoms. The highest BCUT2D eigenvalue weighted by atomic mass is 16.3. The molecule has 0 unspecified atom stereocenters. The average molecular weight is 289 g/mol. The SMILES string of the molecule is CCCN(CCO)CCCC(=O)Nc1cccc(C#N)c1. The molecule has 0 aliphatic rings. The van der Waals surface area contributed by atoms with Crippen molar-refractivity contribution in [3.63, 3.8) is 0 Å². The molecule has 0 aliphatic carbocycles. The number of aliphatic hydroxyl groups excluding tert-OH is 1. The lowest BCUT2D eigenvalue weighted by Gasteiger charge is -2.20. The summed E-state index contributed by atoms with van der Waals surface area (Å²) in [6, 6.07) is 8.93. The van der Waals surface area contributed by atoms with Gasteiger partial charge in [0.25, 0.3) is 0 Å². The number of anilines is 1. The first-order chi connectivity index (χ1) is 10.2. The van der Waals surface area contributed by atoms with Gasteiger partial charge in [0, 0.05) is 18.7 Å². The van der Waals surface area contributed by atoms with Crippen molar-refractivity contribution in [3.05, 3.63) is 29.8 Å². The average Bonchev–Trinajstić information content (AvgIpc) is 2.48. The Morgan fingerprint density at radius 2 is 2.19 bits per heavy atom. The molecule has 0 bridgehead atoms. The molecular weight excluding hydrogens is 266 g/mol. The minimum absolute atomic E-state index is 0.0504. The van der Waals surface area contributed by atoms with Crippen LogP contribution >= 0.6 is 0 Å². The van der Waals surface area contributed by atoms with Crippen LogP contribution in [-0.4, -0.2) is 42.2 Å². The summed E-state index contributed by atoms with van der Waals surface area (Å²) in [4.78, 5) is 14.0. The Morgan fingerprint density at radius 3 is 2.86 bits per heavy atom. The van der Waals surface area contributed by atoms with E-state index in [2.05, 4.69) is 17.1 Å². The first-order valence-corrected chi connectivity index (χ1v) is 7.32. The Kier molecular flexibility index (Phi) is 8.10. The minimum atomic E-state index is -0.0504. The number of rotatable bonds is 9. The summed E-state index contributed by atoms with van der Waals surface area (Å²) < 4.78 is 0. The van der Waals surface area contributed by atoms with Gasteiger partial charge in [-0.05, 0) is 44.1 Å². The molecule has 0 radical (unpaired) electrons. The number of benzene rings is 1. The van der Waals surface area contributed by atoms with Crippen LogP contribution in [0.25, 0.3) is 0 Å². The van der Waals surface area contributed by atoms with Crippen molar-refractivity contribution in [3.8, 4) is 6.07 Å². The van der Waals surface area contributed by atoms with E-state index in [4.69, 9.17) is 10.4 Å². The van der Waals surface area contributed by atoms with Gasteiger partial charge in [-0.1, -0.05) is 13.0 Å². The second-order valence-electron chi connectivity index (χ2n) is 4.91. The number of nitrogens with zero attached hydrogens (tertiary/aromatic N) is 2. The highest BCUT2D eigenvalue weighted by molar-refractivity contribution is 5.90. The predicted octanol–water partition coefficient (Wildman–Crippen LogP) is 1.98. The molecule has 1 rings (SSSR count). The fraction of sp³-hybridized carbons (Fsp3) is 0.500. The van der Waals surface area contributed by atoms with Crippen molar-refractivity contribution < 1.29 is 9.90 Å². The number of amides is 1. The molecule has 0 saturated carbocycles. The Labute approximate surface area is 126 Å². The minimum Gasteiger partial charge on any atom is -0.395 e. The molecule has 0 heterocycles. The molecule has 114 valence electrons. The number of nitriles is 1. The molecule has 1 amide bonds. The first-order valence-electron chi connectivity index (χ1n) is 7.32. The molecule has 0 spiro atoms. The summed E-state index contributed by atoms with van der Waals surface area (Å²) in [6.07, 6.45) is 2.22. The second-order valence-corrected chi connectivity index (χ2v) is 4.91. The Balaban J connectivity index is 2.35. The van der Waals surface area contributed by atoms with Crippen LogP contribution < -0.4 is 5.32 Å². The van der Waals surface area contributed by atoms with Gasteiger partial charge in [0.1, 0.15) is 0 Å². The predicted molar refractivity (Wildman–Crippen MR) is 82.8 cm³/mol. The van der Waals surface area contributed by atoms with Crippen LogP contribution in [0.4, 0.5) is 5.69 Å². The topological polar surface area (TPSA) is 76.4 Å². The zero-order valence-corrected chi connectivity index (χ0v) is 12.5. The van der Waals surface area contributed by atoms with Crippen LogP contribution in [0.3, 0.4) is 0 Å². The van der Waals surface area contributed by atoms with E-state index in [0.29, 0.717) is 24.2 Å². The van der Waals surface area contributed by atoms with Crippen molar-refractivity contribution in [2.24, 2.45) is 0 Å². The van der Waals surface area contributed by atoms with Crippen LogP contribution in [0.1, 0.15) is 31.7 Å². The van der Waals surface area contributed by atoms with Gasteiger partial charge in [-0.25, -0.2) is 0 Å². The fourth-order valence-electron chi connectivity index (χ4n) is 2.15. The normalized spacial score (nSPS) is 10.4. The molecule has 21 heavy (non-hydrogen) atoms. The Hall–Kier alpha value is -1.90. The third kappa shape index (κ3) is 6.89. The Morgan fingerprint density at radius 1 is 1.38 bits per heavy atom. The zero-order chi connectivity index (χ0) is 15.5. The maximum Gasteiger partial charge on any atom is 0.224 e. The maximum absolute atomic E-state index is 11.8. The number of carbonyl (C=O) groups is 1. The van der Waals surface area contributed by atoms with Crippen molar-refractivity contribution in [2.75, 3.05) is 31.6 Å². The second kappa shape index (κ2) is 9.92. The summed E-state index contributed by atoms with van der Waals surface area (Å²) in [5.74, 6) is -0.0504. The van der Waals surface area contributed by atoms with E-state index in [0.717, 1.165) is 25.9 Å². The molecular formula is C16H23N3O2. The summed E-state index contributed by atoms with van der Waals surface area (Å²) in [5.41, 5.74) is 1.18. The molecule has 5 nitrogen and oxygen atoms in total. The zero-order valence-electron chi connectivity index (χ0n) is 12.5. The van der Waals surface area contributed by atoms with E-state index >= 15 is 0 Å². The molecule has 1 aromatic rings. The molecule has 1 aromatic carbocycles. The largest absolute Gasteiger partial charge is 0.395 e. The lowest BCUT2D eigenvalue weighted by atomic mass is 10.2. The number of hydrogen-bond donors (Lipinski definition) is 2. The number of aliphatic hydroxyl groups is 1. The molecule has 0 aromatic heterocycles. The van der Waals surface area contributed by atoms with Gasteiger partial charge in [0.2, 0.25) is 5.91 Å². The van der Waals surface area contributed by atoms with Crippen molar-refractivity contribution in [2.45, 2.75) is 26.2 Å². The molecule has 2 N–H and O–H groups in total. The number of hydrogen-bond acceptors (Lipinski definition) is 4. The third-order valence-electron chi connectivity index (χ3n) is 3.11. The summed E-state index contributed by atoms with van der Waals surface area (Å²) >= 11 is 0. The third-order valence-corrected chi connectivity index (χ3v) is 3.11. The molecule has 0 fully saturated rings. The lowest BCUT2D eigenvalue weighted by Crippen LogP contribution is -2.29. The first kappa shape index (κ1) is 17.2. The van der Waals surface area contributed by atoms with Crippen molar-refractivity contribution in [1.29, 1.82) is 5.26 Å². The van der Waals surface area contributed by atoms with E-state index in [1.165, 1.54) is 0 Å². The van der Waals surface area contributed by atoms with E-state index in [9.17, 15) is 4.79 Å². The lowest BCUT2D eigenvalue weighted by molar-refractivity contribution is -0.116. The van der Waals surface area contributed by atoms with Gasteiger partial charge in [0.15, 0.2) is 0 Å². The van der Waals surface area contributed by atoms with Gasteiger partial charge >= 0.3 is 0 Å². The fourth-order valence-corrected chi connectivity index (χ4v) is 2.15. The monoisotopic (exact) mass is 289 g/mol. The van der Waals surface area contributed by atoms with Gasteiger partial charge in [0.05, 0.1) is 18.2 Å². The molecule has 0 atom stereocenters. The van der Waals surface area contributed by atoms with Gasteiger partial charge in [-0.2, -0.15) is 5.26 Å². The maximum atomic E-state index is 11.8. The highest BCUT2D eigenvalue weighted by Crippen LogP contribution is 2.10. The van der Waals surface area contributed by atoms with E-state index in [-0.39, 0.29) is 12.5 Å². The standard InChI is InChI=1S/C16H23N3O2/c1-2-8-19(10-11-20)9-4-7-16(21)18-15-6-3-5-14(12-15)13-17/h3,5-6,12,20H,2,4,7-11H2,1H3,(H,18,21). The Bertz CT molecular complexity index is 477. The van der Waals surface area contributed by atoms with Crippen molar-refractivity contribution in [1.82, 2.24) is 4.90 Å². The van der Waals surface area contributed by atoms with Crippen LogP contribution in [0.5, 0.6) is 0 Å².